The zero-order chi connectivity index (χ0) is 16.1. The third-order valence-corrected chi connectivity index (χ3v) is 3.21. The fourth-order valence-corrected chi connectivity index (χ4v) is 2.12. The van der Waals surface area contributed by atoms with E-state index in [2.05, 4.69) is 5.32 Å². The molecule has 1 aliphatic rings. The molecule has 0 spiro atoms. The number of amides is 3. The highest BCUT2D eigenvalue weighted by Crippen LogP contribution is 2.19. The van der Waals surface area contributed by atoms with E-state index in [0.29, 0.717) is 5.56 Å². The SMILES string of the molecule is NC(=O)CCNC(=O)[C@@H]1COC(=O)N1Cc1cccc(O)c1. The van der Waals surface area contributed by atoms with Gasteiger partial charge in [-0.2, -0.15) is 0 Å². The number of carbonyl (C=O) groups excluding carboxylic acids is 3. The topological polar surface area (TPSA) is 122 Å². The number of carbonyl (C=O) groups is 3. The van der Waals surface area contributed by atoms with Crippen molar-refractivity contribution in [3.8, 4) is 5.75 Å². The summed E-state index contributed by atoms with van der Waals surface area (Å²) in [5.41, 5.74) is 5.67. The van der Waals surface area contributed by atoms with Crippen LogP contribution in [0.2, 0.25) is 0 Å². The first-order chi connectivity index (χ1) is 10.5. The smallest absolute Gasteiger partial charge is 0.410 e. The van der Waals surface area contributed by atoms with Crippen LogP contribution < -0.4 is 11.1 Å². The zero-order valence-corrected chi connectivity index (χ0v) is 11.8. The van der Waals surface area contributed by atoms with E-state index in [9.17, 15) is 19.5 Å². The maximum atomic E-state index is 12.1. The molecule has 3 amide bonds. The average Bonchev–Trinajstić information content (AvgIpc) is 2.80. The fraction of sp³-hybridized carbons (Fsp3) is 0.357. The number of phenols is 1. The molecule has 0 aromatic heterocycles. The Labute approximate surface area is 126 Å². The third kappa shape index (κ3) is 3.87. The lowest BCUT2D eigenvalue weighted by Crippen LogP contribution is -2.46. The molecule has 1 atom stereocenters. The molecule has 1 saturated heterocycles. The van der Waals surface area contributed by atoms with Crippen molar-refractivity contribution in [3.05, 3.63) is 29.8 Å². The standard InChI is InChI=1S/C14H17N3O5/c15-12(19)4-5-16-13(20)11-8-22-14(21)17(11)7-9-2-1-3-10(18)6-9/h1-3,6,11,18H,4-5,7-8H2,(H2,15,19)(H,16,20)/t11-/m0/s1. The van der Waals surface area contributed by atoms with Crippen LogP contribution in [0.3, 0.4) is 0 Å². The minimum atomic E-state index is -0.775. The molecule has 4 N–H and O–H groups in total. The Morgan fingerprint density at radius 3 is 2.91 bits per heavy atom. The molecule has 1 aliphatic heterocycles. The summed E-state index contributed by atoms with van der Waals surface area (Å²) in [6, 6.07) is 5.62. The van der Waals surface area contributed by atoms with E-state index in [0.717, 1.165) is 0 Å². The van der Waals surface area contributed by atoms with Crippen molar-refractivity contribution in [1.29, 1.82) is 0 Å². The number of ether oxygens (including phenoxy) is 1. The number of nitrogens with zero attached hydrogens (tertiary/aromatic N) is 1. The largest absolute Gasteiger partial charge is 0.508 e. The van der Waals surface area contributed by atoms with E-state index in [4.69, 9.17) is 10.5 Å². The minimum Gasteiger partial charge on any atom is -0.508 e. The number of hydrogen-bond acceptors (Lipinski definition) is 5. The molecule has 0 radical (unpaired) electrons. The first-order valence-corrected chi connectivity index (χ1v) is 6.74. The van der Waals surface area contributed by atoms with Crippen molar-refractivity contribution in [1.82, 2.24) is 10.2 Å². The zero-order valence-electron chi connectivity index (χ0n) is 11.8. The average molecular weight is 307 g/mol. The molecule has 0 saturated carbocycles. The summed E-state index contributed by atoms with van der Waals surface area (Å²) in [6.07, 6.45) is -0.571. The van der Waals surface area contributed by atoms with Gasteiger partial charge in [0.25, 0.3) is 0 Å². The quantitative estimate of drug-likeness (QED) is 0.666. The molecule has 0 bridgehead atoms. The Kier molecular flexibility index (Phi) is 4.82. The molecule has 1 heterocycles. The number of phenolic OH excluding ortho intramolecular Hbond substituents is 1. The Bertz CT molecular complexity index is 590. The summed E-state index contributed by atoms with van der Waals surface area (Å²) < 4.78 is 4.90. The molecule has 1 aromatic carbocycles. The summed E-state index contributed by atoms with van der Waals surface area (Å²) in [4.78, 5) is 35.7. The van der Waals surface area contributed by atoms with E-state index in [1.54, 1.807) is 12.1 Å². The predicted molar refractivity (Wildman–Crippen MR) is 75.6 cm³/mol. The second kappa shape index (κ2) is 6.79. The van der Waals surface area contributed by atoms with Crippen LogP contribution in [-0.4, -0.2) is 47.1 Å². The molecule has 8 nitrogen and oxygen atoms in total. The van der Waals surface area contributed by atoms with E-state index in [1.807, 2.05) is 0 Å². The summed E-state index contributed by atoms with van der Waals surface area (Å²) in [7, 11) is 0. The van der Waals surface area contributed by atoms with Crippen LogP contribution in [0.1, 0.15) is 12.0 Å². The van der Waals surface area contributed by atoms with Gasteiger partial charge in [0, 0.05) is 13.0 Å². The molecule has 0 unspecified atom stereocenters. The Hall–Kier alpha value is -2.77. The van der Waals surface area contributed by atoms with Gasteiger partial charge < -0.3 is 20.9 Å². The number of hydrogen-bond donors (Lipinski definition) is 3. The highest BCUT2D eigenvalue weighted by molar-refractivity contribution is 5.88. The van der Waals surface area contributed by atoms with E-state index in [1.165, 1.54) is 17.0 Å². The van der Waals surface area contributed by atoms with Crippen LogP contribution in [0.5, 0.6) is 5.75 Å². The highest BCUT2D eigenvalue weighted by Gasteiger charge is 2.37. The predicted octanol–water partition coefficient (Wildman–Crippen LogP) is -0.295. The van der Waals surface area contributed by atoms with Gasteiger partial charge in [-0.15, -0.1) is 0 Å². The van der Waals surface area contributed by atoms with Gasteiger partial charge in [0.15, 0.2) is 0 Å². The van der Waals surface area contributed by atoms with Crippen LogP contribution in [0.25, 0.3) is 0 Å². The Balaban J connectivity index is 1.99. The molecular weight excluding hydrogens is 290 g/mol. The monoisotopic (exact) mass is 307 g/mol. The molecule has 118 valence electrons. The van der Waals surface area contributed by atoms with Gasteiger partial charge in [0.05, 0.1) is 6.54 Å². The lowest BCUT2D eigenvalue weighted by atomic mass is 10.1. The van der Waals surface area contributed by atoms with Gasteiger partial charge in [0.2, 0.25) is 11.8 Å². The number of nitrogens with two attached hydrogens (primary N) is 1. The van der Waals surface area contributed by atoms with Crippen LogP contribution in [0, 0.1) is 0 Å². The number of nitrogens with one attached hydrogen (secondary N) is 1. The maximum absolute atomic E-state index is 12.1. The lowest BCUT2D eigenvalue weighted by molar-refractivity contribution is -0.125. The number of cyclic esters (lactones) is 1. The molecule has 0 aliphatic carbocycles. The van der Waals surface area contributed by atoms with Gasteiger partial charge >= 0.3 is 6.09 Å². The number of primary amides is 1. The summed E-state index contributed by atoms with van der Waals surface area (Å²) >= 11 is 0. The van der Waals surface area contributed by atoms with Gasteiger partial charge in [-0.05, 0) is 17.7 Å². The van der Waals surface area contributed by atoms with E-state index >= 15 is 0 Å². The third-order valence-electron chi connectivity index (χ3n) is 3.21. The van der Waals surface area contributed by atoms with Gasteiger partial charge in [-0.1, -0.05) is 12.1 Å². The second-order valence-corrected chi connectivity index (χ2v) is 4.90. The van der Waals surface area contributed by atoms with Gasteiger partial charge in [-0.25, -0.2) is 4.79 Å². The number of aromatic hydroxyl groups is 1. The summed E-state index contributed by atoms with van der Waals surface area (Å²) in [5, 5.41) is 12.0. The van der Waals surface area contributed by atoms with Gasteiger partial charge in [0.1, 0.15) is 18.4 Å². The molecule has 22 heavy (non-hydrogen) atoms. The van der Waals surface area contributed by atoms with E-state index in [-0.39, 0.29) is 31.9 Å². The minimum absolute atomic E-state index is 0.0276. The van der Waals surface area contributed by atoms with Crippen LogP contribution in [0.4, 0.5) is 4.79 Å². The second-order valence-electron chi connectivity index (χ2n) is 4.90. The molecule has 8 heteroatoms. The highest BCUT2D eigenvalue weighted by atomic mass is 16.6. The first kappa shape index (κ1) is 15.6. The summed E-state index contributed by atoms with van der Waals surface area (Å²) in [6.45, 7) is 0.194. The number of rotatable bonds is 6. The fourth-order valence-electron chi connectivity index (χ4n) is 2.12. The molecule has 1 fully saturated rings. The van der Waals surface area contributed by atoms with Gasteiger partial charge in [-0.3, -0.25) is 14.5 Å². The Morgan fingerprint density at radius 1 is 1.45 bits per heavy atom. The number of benzene rings is 1. The first-order valence-electron chi connectivity index (χ1n) is 6.74. The molecule has 1 aromatic rings. The molecular formula is C14H17N3O5. The van der Waals surface area contributed by atoms with Crippen molar-refractivity contribution in [2.75, 3.05) is 13.2 Å². The van der Waals surface area contributed by atoms with Crippen molar-refractivity contribution in [2.24, 2.45) is 5.73 Å². The van der Waals surface area contributed by atoms with Crippen molar-refractivity contribution >= 4 is 17.9 Å². The van der Waals surface area contributed by atoms with E-state index < -0.39 is 23.9 Å². The van der Waals surface area contributed by atoms with Crippen LogP contribution in [0.15, 0.2) is 24.3 Å². The normalized spacial score (nSPS) is 17.2. The molecule has 2 rings (SSSR count). The van der Waals surface area contributed by atoms with Crippen LogP contribution in [-0.2, 0) is 20.9 Å². The lowest BCUT2D eigenvalue weighted by Gasteiger charge is -2.20. The van der Waals surface area contributed by atoms with Crippen molar-refractivity contribution in [2.45, 2.75) is 19.0 Å². The van der Waals surface area contributed by atoms with Crippen LogP contribution >= 0.6 is 0 Å². The summed E-state index contributed by atoms with van der Waals surface area (Å²) in [5.74, 6) is -0.851. The van der Waals surface area contributed by atoms with Crippen molar-refractivity contribution < 1.29 is 24.2 Å². The Morgan fingerprint density at radius 2 is 2.23 bits per heavy atom. The van der Waals surface area contributed by atoms with Crippen molar-refractivity contribution in [3.63, 3.8) is 0 Å². The maximum Gasteiger partial charge on any atom is 0.410 e.